The van der Waals surface area contributed by atoms with E-state index in [-0.39, 0.29) is 0 Å². The van der Waals surface area contributed by atoms with E-state index in [1.54, 1.807) is 0 Å². The van der Waals surface area contributed by atoms with Crippen molar-refractivity contribution in [3.8, 4) is 11.5 Å². The van der Waals surface area contributed by atoms with Crippen LogP contribution in [0.15, 0.2) is 54.7 Å². The summed E-state index contributed by atoms with van der Waals surface area (Å²) in [6.07, 6.45) is 5.13. The number of hydrogen-bond acceptors (Lipinski definition) is 5. The van der Waals surface area contributed by atoms with Crippen LogP contribution >= 0.6 is 0 Å². The number of aromatic nitrogens is 3. The van der Waals surface area contributed by atoms with Gasteiger partial charge in [0.1, 0.15) is 5.69 Å². The molecule has 5 rings (SSSR count). The summed E-state index contributed by atoms with van der Waals surface area (Å²) in [7, 11) is 0. The average Bonchev–Trinajstić information content (AvgIpc) is 3.16. The lowest BCUT2D eigenvalue weighted by Crippen LogP contribution is -2.37. The molecule has 3 aromatic rings. The van der Waals surface area contributed by atoms with E-state index in [9.17, 15) is 0 Å². The van der Waals surface area contributed by atoms with Crippen molar-refractivity contribution in [2.24, 2.45) is 0 Å². The summed E-state index contributed by atoms with van der Waals surface area (Å²) < 4.78 is 11.7. The van der Waals surface area contributed by atoms with Gasteiger partial charge in [-0.05, 0) is 29.7 Å². The van der Waals surface area contributed by atoms with Crippen LogP contribution in [-0.4, -0.2) is 34.0 Å². The Kier molecular flexibility index (Phi) is 4.19. The van der Waals surface area contributed by atoms with E-state index in [0.717, 1.165) is 48.3 Å². The minimum absolute atomic E-state index is 0.453. The van der Waals surface area contributed by atoms with E-state index >= 15 is 0 Å². The van der Waals surface area contributed by atoms with Crippen molar-refractivity contribution in [2.45, 2.75) is 31.5 Å². The summed E-state index contributed by atoms with van der Waals surface area (Å²) >= 11 is 0. The molecule has 3 heterocycles. The fraction of sp³-hybridized carbons (Fsp3) is 0.318. The van der Waals surface area contributed by atoms with Gasteiger partial charge in [-0.3, -0.25) is 0 Å². The summed E-state index contributed by atoms with van der Waals surface area (Å²) in [5.74, 6) is 0.235. The molecule has 0 saturated carbocycles. The van der Waals surface area contributed by atoms with Gasteiger partial charge < -0.3 is 9.47 Å². The van der Waals surface area contributed by atoms with Crippen LogP contribution in [0.2, 0.25) is 0 Å². The zero-order chi connectivity index (χ0) is 18.1. The SMILES string of the molecule is c1ccc(Cc2cccc(-c3ncc4c(n3)CCC3(C4)OCCO3)n2)cc1. The first-order valence-electron chi connectivity index (χ1n) is 9.43. The third-order valence-corrected chi connectivity index (χ3v) is 5.23. The van der Waals surface area contributed by atoms with Crippen LogP contribution in [0.5, 0.6) is 0 Å². The van der Waals surface area contributed by atoms with Crippen molar-refractivity contribution < 1.29 is 9.47 Å². The monoisotopic (exact) mass is 359 g/mol. The van der Waals surface area contributed by atoms with Crippen LogP contribution in [0.25, 0.3) is 11.5 Å². The topological polar surface area (TPSA) is 57.1 Å². The van der Waals surface area contributed by atoms with Crippen LogP contribution in [0.3, 0.4) is 0 Å². The predicted molar refractivity (Wildman–Crippen MR) is 101 cm³/mol. The number of rotatable bonds is 3. The summed E-state index contributed by atoms with van der Waals surface area (Å²) in [5, 5.41) is 0. The van der Waals surface area contributed by atoms with Gasteiger partial charge in [0, 0.05) is 36.8 Å². The molecule has 0 atom stereocenters. The Labute approximate surface area is 158 Å². The Morgan fingerprint density at radius 2 is 1.78 bits per heavy atom. The van der Waals surface area contributed by atoms with Gasteiger partial charge in [-0.2, -0.15) is 0 Å². The van der Waals surface area contributed by atoms with Gasteiger partial charge in [0.25, 0.3) is 0 Å². The van der Waals surface area contributed by atoms with E-state index in [4.69, 9.17) is 19.4 Å². The lowest BCUT2D eigenvalue weighted by Gasteiger charge is -2.32. The maximum atomic E-state index is 5.84. The van der Waals surface area contributed by atoms with Crippen LogP contribution in [0.4, 0.5) is 0 Å². The Morgan fingerprint density at radius 1 is 0.926 bits per heavy atom. The molecule has 0 bridgehead atoms. The molecule has 2 aromatic heterocycles. The van der Waals surface area contributed by atoms with E-state index in [0.29, 0.717) is 19.0 Å². The third kappa shape index (κ3) is 3.36. The highest BCUT2D eigenvalue weighted by Gasteiger charge is 2.40. The Balaban J connectivity index is 1.40. The molecule has 5 nitrogen and oxygen atoms in total. The maximum absolute atomic E-state index is 5.84. The van der Waals surface area contributed by atoms with Crippen molar-refractivity contribution >= 4 is 0 Å². The van der Waals surface area contributed by atoms with E-state index in [2.05, 4.69) is 29.2 Å². The van der Waals surface area contributed by atoms with Gasteiger partial charge in [-0.25, -0.2) is 15.0 Å². The van der Waals surface area contributed by atoms with Crippen LogP contribution < -0.4 is 0 Å². The highest BCUT2D eigenvalue weighted by atomic mass is 16.7. The molecule has 2 aliphatic rings. The Bertz CT molecular complexity index is 953. The van der Waals surface area contributed by atoms with Crippen LogP contribution in [0, 0.1) is 0 Å². The van der Waals surface area contributed by atoms with Crippen molar-refractivity contribution in [1.82, 2.24) is 15.0 Å². The first-order chi connectivity index (χ1) is 13.3. The molecule has 0 radical (unpaired) electrons. The largest absolute Gasteiger partial charge is 0.347 e. The molecule has 1 aliphatic heterocycles. The normalized spacial score (nSPS) is 17.8. The van der Waals surface area contributed by atoms with E-state index < -0.39 is 5.79 Å². The van der Waals surface area contributed by atoms with Crippen molar-refractivity contribution in [1.29, 1.82) is 0 Å². The molecule has 1 aromatic carbocycles. The average molecular weight is 359 g/mol. The molecule has 0 amide bonds. The minimum Gasteiger partial charge on any atom is -0.347 e. The number of benzene rings is 1. The maximum Gasteiger partial charge on any atom is 0.178 e. The molecule has 5 heteroatoms. The number of hydrogen-bond donors (Lipinski definition) is 0. The molecular formula is C22H21N3O2. The Morgan fingerprint density at radius 3 is 2.63 bits per heavy atom. The quantitative estimate of drug-likeness (QED) is 0.718. The molecule has 1 aliphatic carbocycles. The highest BCUT2D eigenvalue weighted by molar-refractivity contribution is 5.50. The lowest BCUT2D eigenvalue weighted by molar-refractivity contribution is -0.164. The number of ether oxygens (including phenoxy) is 2. The smallest absolute Gasteiger partial charge is 0.178 e. The van der Waals surface area contributed by atoms with Crippen molar-refractivity contribution in [3.63, 3.8) is 0 Å². The molecule has 136 valence electrons. The number of aryl methyl sites for hydroxylation is 1. The van der Waals surface area contributed by atoms with E-state index in [1.165, 1.54) is 5.56 Å². The number of pyridine rings is 1. The molecule has 0 N–H and O–H groups in total. The zero-order valence-electron chi connectivity index (χ0n) is 15.1. The lowest BCUT2D eigenvalue weighted by atomic mass is 9.91. The minimum atomic E-state index is -0.453. The predicted octanol–water partition coefficient (Wildman–Crippen LogP) is 3.36. The second kappa shape index (κ2) is 6.83. The highest BCUT2D eigenvalue weighted by Crippen LogP contribution is 2.34. The molecule has 1 saturated heterocycles. The summed E-state index contributed by atoms with van der Waals surface area (Å²) in [6.45, 7) is 1.35. The molecule has 0 unspecified atom stereocenters. The second-order valence-corrected chi connectivity index (χ2v) is 7.13. The number of fused-ring (bicyclic) bond motifs is 1. The summed E-state index contributed by atoms with van der Waals surface area (Å²) in [6, 6.07) is 16.4. The molecule has 27 heavy (non-hydrogen) atoms. The fourth-order valence-electron chi connectivity index (χ4n) is 3.87. The van der Waals surface area contributed by atoms with Gasteiger partial charge in [-0.15, -0.1) is 0 Å². The molecular weight excluding hydrogens is 338 g/mol. The third-order valence-electron chi connectivity index (χ3n) is 5.23. The van der Waals surface area contributed by atoms with Gasteiger partial charge in [0.2, 0.25) is 0 Å². The first kappa shape index (κ1) is 16.5. The van der Waals surface area contributed by atoms with Crippen molar-refractivity contribution in [3.05, 3.63) is 77.2 Å². The van der Waals surface area contributed by atoms with Crippen molar-refractivity contribution in [2.75, 3.05) is 13.2 Å². The van der Waals surface area contributed by atoms with E-state index in [1.807, 2.05) is 30.5 Å². The fourth-order valence-corrected chi connectivity index (χ4v) is 3.87. The first-order valence-corrected chi connectivity index (χ1v) is 9.43. The molecule has 1 spiro atoms. The zero-order valence-corrected chi connectivity index (χ0v) is 15.1. The molecule has 1 fully saturated rings. The van der Waals surface area contributed by atoms with Gasteiger partial charge in [0.15, 0.2) is 11.6 Å². The summed E-state index contributed by atoms with van der Waals surface area (Å²) in [5.41, 5.74) is 5.29. The number of nitrogens with zero attached hydrogens (tertiary/aromatic N) is 3. The van der Waals surface area contributed by atoms with Gasteiger partial charge >= 0.3 is 0 Å². The van der Waals surface area contributed by atoms with Gasteiger partial charge in [0.05, 0.1) is 13.2 Å². The standard InChI is InChI=1S/C22H21N3O2/c1-2-5-16(6-3-1)13-18-7-4-8-20(24-18)21-23-15-17-14-22(26-11-12-27-22)10-9-19(17)25-21/h1-8,15H,9-14H2. The second-order valence-electron chi connectivity index (χ2n) is 7.13. The van der Waals surface area contributed by atoms with Gasteiger partial charge in [-0.1, -0.05) is 36.4 Å². The summed E-state index contributed by atoms with van der Waals surface area (Å²) in [4.78, 5) is 14.2. The van der Waals surface area contributed by atoms with Crippen LogP contribution in [0.1, 0.15) is 28.9 Å². The Hall–Kier alpha value is -2.63. The van der Waals surface area contributed by atoms with Crippen LogP contribution in [-0.2, 0) is 28.7 Å².